The largest absolute Gasteiger partial charge is 0.387 e. The number of aliphatic hydroxyl groups excluding tert-OH is 1. The predicted octanol–water partition coefficient (Wildman–Crippen LogP) is 1.42. The van der Waals surface area contributed by atoms with Crippen LogP contribution in [0, 0.1) is 16.7 Å². The lowest BCUT2D eigenvalue weighted by Gasteiger charge is -2.14. The smallest absolute Gasteiger partial charge is 0.0991 e. The number of nitrogens with zero attached hydrogens (tertiary/aromatic N) is 2. The fraction of sp³-hybridized carbons (Fsp3) is 0.400. The summed E-state index contributed by atoms with van der Waals surface area (Å²) in [4.78, 5) is 3.91. The molecule has 3 heteroatoms. The van der Waals surface area contributed by atoms with E-state index in [0.717, 1.165) is 18.4 Å². The lowest BCUT2D eigenvalue weighted by atomic mass is 9.95. The topological polar surface area (TPSA) is 56.9 Å². The van der Waals surface area contributed by atoms with Crippen molar-refractivity contribution in [2.45, 2.75) is 18.9 Å². The number of hydrogen-bond donors (Lipinski definition) is 1. The first kappa shape index (κ1) is 8.21. The fourth-order valence-corrected chi connectivity index (χ4v) is 1.44. The van der Waals surface area contributed by atoms with Crippen LogP contribution in [-0.4, -0.2) is 10.1 Å². The predicted molar refractivity (Wildman–Crippen MR) is 46.5 cm³/mol. The van der Waals surface area contributed by atoms with Gasteiger partial charge in [0.25, 0.3) is 0 Å². The maximum absolute atomic E-state index is 9.85. The van der Waals surface area contributed by atoms with E-state index in [9.17, 15) is 5.11 Å². The van der Waals surface area contributed by atoms with Gasteiger partial charge in [-0.25, -0.2) is 0 Å². The van der Waals surface area contributed by atoms with E-state index >= 15 is 0 Å². The van der Waals surface area contributed by atoms with Gasteiger partial charge < -0.3 is 5.11 Å². The molecule has 0 amide bonds. The zero-order chi connectivity index (χ0) is 9.31. The zero-order valence-corrected chi connectivity index (χ0v) is 7.14. The molecule has 2 rings (SSSR count). The molecule has 0 bridgehead atoms. The standard InChI is InChI=1S/C10H10N2O/c11-7-10(3-4-10)9(13)8-2-1-5-12-6-8/h1-2,5-6,9,13H,3-4H2. The van der Waals surface area contributed by atoms with Crippen molar-refractivity contribution in [1.82, 2.24) is 4.98 Å². The minimum Gasteiger partial charge on any atom is -0.387 e. The summed E-state index contributed by atoms with van der Waals surface area (Å²) >= 11 is 0. The second kappa shape index (κ2) is 2.82. The Morgan fingerprint density at radius 1 is 1.62 bits per heavy atom. The lowest BCUT2D eigenvalue weighted by molar-refractivity contribution is 0.122. The number of aromatic nitrogens is 1. The van der Waals surface area contributed by atoms with Gasteiger partial charge in [0.05, 0.1) is 17.6 Å². The Morgan fingerprint density at radius 3 is 2.85 bits per heavy atom. The molecule has 0 aromatic carbocycles. The summed E-state index contributed by atoms with van der Waals surface area (Å²) in [7, 11) is 0. The van der Waals surface area contributed by atoms with Crippen LogP contribution in [0.4, 0.5) is 0 Å². The van der Waals surface area contributed by atoms with Crippen LogP contribution in [-0.2, 0) is 0 Å². The Kier molecular flexibility index (Phi) is 1.78. The van der Waals surface area contributed by atoms with Crippen LogP contribution in [0.15, 0.2) is 24.5 Å². The Balaban J connectivity index is 2.24. The highest BCUT2D eigenvalue weighted by Gasteiger charge is 2.50. The average Bonchev–Trinajstić information content (AvgIpc) is 2.99. The first-order chi connectivity index (χ1) is 6.28. The van der Waals surface area contributed by atoms with Gasteiger partial charge in [0.1, 0.15) is 0 Å². The van der Waals surface area contributed by atoms with Gasteiger partial charge in [-0.1, -0.05) is 6.07 Å². The summed E-state index contributed by atoms with van der Waals surface area (Å²) in [6.45, 7) is 0. The Hall–Kier alpha value is -1.40. The first-order valence-electron chi connectivity index (χ1n) is 4.28. The van der Waals surface area contributed by atoms with Crippen molar-refractivity contribution in [2.24, 2.45) is 5.41 Å². The van der Waals surface area contributed by atoms with Crippen LogP contribution in [0.1, 0.15) is 24.5 Å². The van der Waals surface area contributed by atoms with Crippen LogP contribution in [0.3, 0.4) is 0 Å². The number of rotatable bonds is 2. The maximum atomic E-state index is 9.85. The van der Waals surface area contributed by atoms with E-state index in [-0.39, 0.29) is 0 Å². The van der Waals surface area contributed by atoms with Crippen molar-refractivity contribution in [2.75, 3.05) is 0 Å². The average molecular weight is 174 g/mol. The molecular weight excluding hydrogens is 164 g/mol. The second-order valence-electron chi connectivity index (χ2n) is 3.46. The summed E-state index contributed by atoms with van der Waals surface area (Å²) < 4.78 is 0. The van der Waals surface area contributed by atoms with Crippen molar-refractivity contribution in [3.63, 3.8) is 0 Å². The lowest BCUT2D eigenvalue weighted by Crippen LogP contribution is -2.11. The minimum absolute atomic E-state index is 0.525. The van der Waals surface area contributed by atoms with Gasteiger partial charge in [0.15, 0.2) is 0 Å². The molecule has 1 aromatic rings. The molecule has 3 nitrogen and oxygen atoms in total. The van der Waals surface area contributed by atoms with Crippen LogP contribution >= 0.6 is 0 Å². The van der Waals surface area contributed by atoms with E-state index in [0.29, 0.717) is 0 Å². The molecular formula is C10H10N2O. The van der Waals surface area contributed by atoms with Crippen molar-refractivity contribution in [3.05, 3.63) is 30.1 Å². The van der Waals surface area contributed by atoms with Crippen LogP contribution in [0.25, 0.3) is 0 Å². The van der Waals surface area contributed by atoms with Gasteiger partial charge in [-0.2, -0.15) is 5.26 Å². The quantitative estimate of drug-likeness (QED) is 0.737. The highest BCUT2D eigenvalue weighted by atomic mass is 16.3. The number of pyridine rings is 1. The summed E-state index contributed by atoms with van der Waals surface area (Å²) in [5.41, 5.74) is 0.213. The van der Waals surface area contributed by atoms with Crippen molar-refractivity contribution >= 4 is 0 Å². The van der Waals surface area contributed by atoms with Crippen molar-refractivity contribution < 1.29 is 5.11 Å². The summed E-state index contributed by atoms with van der Waals surface area (Å²) in [6, 6.07) is 5.74. The molecule has 66 valence electrons. The highest BCUT2D eigenvalue weighted by Crippen LogP contribution is 2.54. The van der Waals surface area contributed by atoms with E-state index in [1.54, 1.807) is 24.5 Å². The molecule has 1 aliphatic rings. The van der Waals surface area contributed by atoms with Gasteiger partial charge in [-0.15, -0.1) is 0 Å². The molecule has 1 fully saturated rings. The van der Waals surface area contributed by atoms with Gasteiger partial charge in [0, 0.05) is 18.0 Å². The fourth-order valence-electron chi connectivity index (χ4n) is 1.44. The molecule has 0 aliphatic heterocycles. The zero-order valence-electron chi connectivity index (χ0n) is 7.14. The number of nitriles is 1. The SMILES string of the molecule is N#CC1(C(O)c2cccnc2)CC1. The van der Waals surface area contributed by atoms with Gasteiger partial charge >= 0.3 is 0 Å². The van der Waals surface area contributed by atoms with Gasteiger partial charge in [-0.3, -0.25) is 4.98 Å². The van der Waals surface area contributed by atoms with Crippen molar-refractivity contribution in [1.29, 1.82) is 5.26 Å². The van der Waals surface area contributed by atoms with Gasteiger partial charge in [-0.05, 0) is 18.9 Å². The summed E-state index contributed by atoms with van der Waals surface area (Å²) in [5, 5.41) is 18.7. The van der Waals surface area contributed by atoms with Crippen LogP contribution < -0.4 is 0 Å². The molecule has 0 saturated heterocycles. The molecule has 13 heavy (non-hydrogen) atoms. The monoisotopic (exact) mass is 174 g/mol. The Morgan fingerprint density at radius 2 is 2.38 bits per heavy atom. The molecule has 1 unspecified atom stereocenters. The third-order valence-corrected chi connectivity index (χ3v) is 2.53. The summed E-state index contributed by atoms with van der Waals surface area (Å²) in [6.07, 6.45) is 4.18. The van der Waals surface area contributed by atoms with E-state index in [1.165, 1.54) is 0 Å². The molecule has 1 atom stereocenters. The third kappa shape index (κ3) is 1.30. The molecule has 1 saturated carbocycles. The molecule has 1 aromatic heterocycles. The number of hydrogen-bond acceptors (Lipinski definition) is 3. The van der Waals surface area contributed by atoms with Crippen LogP contribution in [0.5, 0.6) is 0 Å². The number of aliphatic hydroxyl groups is 1. The van der Waals surface area contributed by atoms with E-state index in [4.69, 9.17) is 5.26 Å². The highest BCUT2D eigenvalue weighted by molar-refractivity contribution is 5.24. The molecule has 1 N–H and O–H groups in total. The minimum atomic E-state index is -0.675. The normalized spacial score (nSPS) is 20.3. The Bertz CT molecular complexity index is 338. The Labute approximate surface area is 76.7 Å². The molecule has 0 spiro atoms. The van der Waals surface area contributed by atoms with Crippen LogP contribution in [0.2, 0.25) is 0 Å². The first-order valence-corrected chi connectivity index (χ1v) is 4.28. The molecule has 1 aliphatic carbocycles. The van der Waals surface area contributed by atoms with Gasteiger partial charge in [0.2, 0.25) is 0 Å². The molecule has 1 heterocycles. The van der Waals surface area contributed by atoms with E-state index in [2.05, 4.69) is 11.1 Å². The van der Waals surface area contributed by atoms with E-state index in [1.807, 2.05) is 0 Å². The third-order valence-electron chi connectivity index (χ3n) is 2.53. The van der Waals surface area contributed by atoms with E-state index < -0.39 is 11.5 Å². The second-order valence-corrected chi connectivity index (χ2v) is 3.46. The maximum Gasteiger partial charge on any atom is 0.0991 e. The summed E-state index contributed by atoms with van der Waals surface area (Å²) in [5.74, 6) is 0. The van der Waals surface area contributed by atoms with Crippen molar-refractivity contribution in [3.8, 4) is 6.07 Å². The molecule has 0 radical (unpaired) electrons.